The Balaban J connectivity index is 1.54. The van der Waals surface area contributed by atoms with E-state index >= 15 is 0 Å². The van der Waals surface area contributed by atoms with Crippen LogP contribution >= 0.6 is 0 Å². The van der Waals surface area contributed by atoms with Crippen molar-refractivity contribution in [2.75, 3.05) is 0 Å². The number of aryl methyl sites for hydroxylation is 1. The van der Waals surface area contributed by atoms with Gasteiger partial charge in [0.2, 0.25) is 0 Å². The number of H-pyrrole nitrogens is 1. The Kier molecular flexibility index (Phi) is 4.05. The molecule has 1 saturated carbocycles. The number of aromatic amines is 1. The van der Waals surface area contributed by atoms with Crippen LogP contribution < -0.4 is 0 Å². The fraction of sp³-hybridized carbons (Fsp3) is 0.471. The van der Waals surface area contributed by atoms with Crippen LogP contribution in [0.25, 0.3) is 10.9 Å². The quantitative estimate of drug-likeness (QED) is 0.855. The molecule has 0 spiro atoms. The smallest absolute Gasteiger partial charge is 0.306 e. The highest BCUT2D eigenvalue weighted by Gasteiger charge is 2.17. The number of hydrogen-bond acceptors (Lipinski definition) is 2. The summed E-state index contributed by atoms with van der Waals surface area (Å²) in [6.45, 7) is 0. The summed E-state index contributed by atoms with van der Waals surface area (Å²) in [6.07, 6.45) is 9.13. The van der Waals surface area contributed by atoms with E-state index in [0.717, 1.165) is 24.8 Å². The van der Waals surface area contributed by atoms with E-state index in [-0.39, 0.29) is 12.1 Å². The van der Waals surface area contributed by atoms with Crippen molar-refractivity contribution in [3.8, 4) is 0 Å². The molecule has 3 rings (SSSR count). The Bertz CT molecular complexity index is 581. The number of fused-ring (bicyclic) bond motifs is 1. The third kappa shape index (κ3) is 3.03. The highest BCUT2D eigenvalue weighted by atomic mass is 16.5. The van der Waals surface area contributed by atoms with Crippen molar-refractivity contribution in [3.05, 3.63) is 36.0 Å². The van der Waals surface area contributed by atoms with Gasteiger partial charge in [-0.3, -0.25) is 4.79 Å². The Hall–Kier alpha value is -1.77. The van der Waals surface area contributed by atoms with E-state index in [1.807, 2.05) is 18.3 Å². The van der Waals surface area contributed by atoms with Crippen molar-refractivity contribution in [3.63, 3.8) is 0 Å². The molecule has 0 unspecified atom stereocenters. The van der Waals surface area contributed by atoms with E-state index in [2.05, 4.69) is 17.1 Å². The maximum Gasteiger partial charge on any atom is 0.306 e. The zero-order valence-corrected chi connectivity index (χ0v) is 11.7. The first-order valence-electron chi connectivity index (χ1n) is 7.57. The number of esters is 1. The zero-order chi connectivity index (χ0) is 13.8. The van der Waals surface area contributed by atoms with Gasteiger partial charge in [-0.2, -0.15) is 0 Å². The summed E-state index contributed by atoms with van der Waals surface area (Å²) in [6, 6.07) is 8.19. The molecular formula is C17H21NO2. The van der Waals surface area contributed by atoms with Crippen molar-refractivity contribution < 1.29 is 9.53 Å². The van der Waals surface area contributed by atoms with Crippen molar-refractivity contribution in [2.45, 2.75) is 51.0 Å². The molecule has 106 valence electrons. The van der Waals surface area contributed by atoms with Crippen LogP contribution in [-0.2, 0) is 16.0 Å². The maximum atomic E-state index is 11.9. The summed E-state index contributed by atoms with van der Waals surface area (Å²) >= 11 is 0. The molecule has 2 aromatic rings. The van der Waals surface area contributed by atoms with Gasteiger partial charge in [0.25, 0.3) is 0 Å². The minimum Gasteiger partial charge on any atom is -0.462 e. The fourth-order valence-electron chi connectivity index (χ4n) is 3.00. The number of nitrogens with one attached hydrogen (secondary N) is 1. The average molecular weight is 271 g/mol. The largest absolute Gasteiger partial charge is 0.462 e. The lowest BCUT2D eigenvalue weighted by Gasteiger charge is -2.21. The first kappa shape index (κ1) is 13.2. The monoisotopic (exact) mass is 271 g/mol. The zero-order valence-electron chi connectivity index (χ0n) is 11.7. The van der Waals surface area contributed by atoms with Crippen LogP contribution in [0.5, 0.6) is 0 Å². The fourth-order valence-corrected chi connectivity index (χ4v) is 3.00. The minimum atomic E-state index is -0.0535. The number of benzene rings is 1. The van der Waals surface area contributed by atoms with Gasteiger partial charge in [-0.05, 0) is 43.7 Å². The van der Waals surface area contributed by atoms with Gasteiger partial charge in [-0.15, -0.1) is 0 Å². The molecule has 0 radical (unpaired) electrons. The topological polar surface area (TPSA) is 42.1 Å². The van der Waals surface area contributed by atoms with Crippen molar-refractivity contribution in [1.82, 2.24) is 4.98 Å². The molecule has 20 heavy (non-hydrogen) atoms. The number of aromatic nitrogens is 1. The summed E-state index contributed by atoms with van der Waals surface area (Å²) in [4.78, 5) is 15.2. The minimum absolute atomic E-state index is 0.0535. The molecule has 0 bridgehead atoms. The molecule has 1 aliphatic carbocycles. The molecule has 1 aromatic heterocycles. The van der Waals surface area contributed by atoms with Crippen molar-refractivity contribution >= 4 is 16.9 Å². The number of para-hydroxylation sites is 1. The van der Waals surface area contributed by atoms with E-state index in [9.17, 15) is 4.79 Å². The van der Waals surface area contributed by atoms with Crippen LogP contribution in [0.3, 0.4) is 0 Å². The van der Waals surface area contributed by atoms with Crippen LogP contribution in [-0.4, -0.2) is 17.1 Å². The van der Waals surface area contributed by atoms with Gasteiger partial charge in [-0.1, -0.05) is 24.6 Å². The Morgan fingerprint density at radius 3 is 2.85 bits per heavy atom. The van der Waals surface area contributed by atoms with E-state index < -0.39 is 0 Å². The molecule has 3 heteroatoms. The molecule has 0 saturated heterocycles. The number of carbonyl (C=O) groups is 1. The highest BCUT2D eigenvalue weighted by molar-refractivity contribution is 5.83. The molecule has 0 amide bonds. The number of carbonyl (C=O) groups excluding carboxylic acids is 1. The van der Waals surface area contributed by atoms with Gasteiger partial charge in [0, 0.05) is 23.5 Å². The lowest BCUT2D eigenvalue weighted by Crippen LogP contribution is -2.21. The number of rotatable bonds is 4. The molecule has 1 fully saturated rings. The van der Waals surface area contributed by atoms with Crippen molar-refractivity contribution in [2.24, 2.45) is 0 Å². The third-order valence-electron chi connectivity index (χ3n) is 4.12. The Labute approximate surface area is 119 Å². The first-order chi connectivity index (χ1) is 9.83. The van der Waals surface area contributed by atoms with E-state index in [1.165, 1.54) is 30.2 Å². The van der Waals surface area contributed by atoms with Gasteiger partial charge in [0.05, 0.1) is 0 Å². The van der Waals surface area contributed by atoms with Crippen LogP contribution in [0.15, 0.2) is 30.5 Å². The molecule has 0 aliphatic heterocycles. The molecule has 1 heterocycles. The Morgan fingerprint density at radius 2 is 2.00 bits per heavy atom. The summed E-state index contributed by atoms with van der Waals surface area (Å²) in [7, 11) is 0. The Morgan fingerprint density at radius 1 is 1.20 bits per heavy atom. The van der Waals surface area contributed by atoms with E-state index in [4.69, 9.17) is 4.74 Å². The van der Waals surface area contributed by atoms with Gasteiger partial charge in [0.15, 0.2) is 0 Å². The molecule has 1 aliphatic rings. The molecule has 3 nitrogen and oxygen atoms in total. The van der Waals surface area contributed by atoms with Gasteiger partial charge < -0.3 is 9.72 Å². The summed E-state index contributed by atoms with van der Waals surface area (Å²) in [5, 5.41) is 1.21. The first-order valence-corrected chi connectivity index (χ1v) is 7.57. The maximum absolute atomic E-state index is 11.9. The predicted molar refractivity (Wildman–Crippen MR) is 79.6 cm³/mol. The number of ether oxygens (including phenoxy) is 1. The number of hydrogen-bond donors (Lipinski definition) is 1. The van der Waals surface area contributed by atoms with Gasteiger partial charge in [0.1, 0.15) is 6.10 Å². The molecule has 1 N–H and O–H groups in total. The van der Waals surface area contributed by atoms with E-state index in [1.54, 1.807) is 0 Å². The second-order valence-electron chi connectivity index (χ2n) is 5.61. The van der Waals surface area contributed by atoms with E-state index in [0.29, 0.717) is 6.42 Å². The normalized spacial score (nSPS) is 16.4. The summed E-state index contributed by atoms with van der Waals surface area (Å²) in [5.41, 5.74) is 2.32. The average Bonchev–Trinajstić information content (AvgIpc) is 2.89. The van der Waals surface area contributed by atoms with Crippen LogP contribution in [0.4, 0.5) is 0 Å². The van der Waals surface area contributed by atoms with Gasteiger partial charge in [-0.25, -0.2) is 0 Å². The van der Waals surface area contributed by atoms with Crippen LogP contribution in [0.2, 0.25) is 0 Å². The SMILES string of the molecule is O=C(CCc1c[nH]c2ccccc12)OC1CCCCC1. The highest BCUT2D eigenvalue weighted by Crippen LogP contribution is 2.22. The molecule has 0 atom stereocenters. The standard InChI is InChI=1S/C17H21NO2/c19-17(20-14-6-2-1-3-7-14)11-10-13-12-18-16-9-5-4-8-15(13)16/h4-5,8-9,12,14,18H,1-3,6-7,10-11H2. The van der Waals surface area contributed by atoms with Crippen LogP contribution in [0, 0.1) is 0 Å². The van der Waals surface area contributed by atoms with Crippen LogP contribution in [0.1, 0.15) is 44.1 Å². The molecule has 1 aromatic carbocycles. The molecular weight excluding hydrogens is 250 g/mol. The lowest BCUT2D eigenvalue weighted by molar-refractivity contribution is -0.150. The predicted octanol–water partition coefficient (Wildman–Crippen LogP) is 3.98. The lowest BCUT2D eigenvalue weighted by atomic mass is 9.98. The third-order valence-corrected chi connectivity index (χ3v) is 4.12. The summed E-state index contributed by atoms with van der Waals surface area (Å²) < 4.78 is 5.55. The second-order valence-corrected chi connectivity index (χ2v) is 5.61. The summed E-state index contributed by atoms with van der Waals surface area (Å²) in [5.74, 6) is -0.0535. The van der Waals surface area contributed by atoms with Gasteiger partial charge >= 0.3 is 5.97 Å². The van der Waals surface area contributed by atoms with Crippen molar-refractivity contribution in [1.29, 1.82) is 0 Å². The second kappa shape index (κ2) is 6.12.